The number of alkyl halides is 2. The predicted molar refractivity (Wildman–Crippen MR) is 93.8 cm³/mol. The van der Waals surface area contributed by atoms with Crippen molar-refractivity contribution in [2.45, 2.75) is 38.5 Å². The van der Waals surface area contributed by atoms with Crippen LogP contribution >= 0.6 is 0 Å². The Morgan fingerprint density at radius 2 is 1.81 bits per heavy atom. The van der Waals surface area contributed by atoms with Gasteiger partial charge in [-0.3, -0.25) is 15.3 Å². The number of benzene rings is 2. The smallest absolute Gasteiger partial charge is 0.268 e. The Labute approximate surface area is 150 Å². The fourth-order valence-electron chi connectivity index (χ4n) is 2.61. The Bertz CT molecular complexity index is 749. The number of halogens is 2. The molecule has 5 nitrogen and oxygen atoms in total. The number of nitrogens with one attached hydrogen (secondary N) is 2. The number of aliphatic hydroxyl groups is 1. The fraction of sp³-hybridized carbons (Fsp3) is 0.316. The quantitative estimate of drug-likeness (QED) is 0.450. The van der Waals surface area contributed by atoms with Gasteiger partial charge in [0.1, 0.15) is 11.6 Å². The van der Waals surface area contributed by atoms with Crippen molar-refractivity contribution in [3.63, 3.8) is 0 Å². The molecule has 2 unspecified atom stereocenters. The van der Waals surface area contributed by atoms with Gasteiger partial charge < -0.3 is 5.11 Å². The summed E-state index contributed by atoms with van der Waals surface area (Å²) in [6, 6.07) is 13.7. The van der Waals surface area contributed by atoms with Gasteiger partial charge in [-0.15, -0.1) is 0 Å². The average molecular weight is 364 g/mol. The Balaban J connectivity index is 2.11. The molecule has 2 aromatic rings. The first-order valence-electron chi connectivity index (χ1n) is 8.09. The lowest BCUT2D eigenvalue weighted by Gasteiger charge is -2.31. The van der Waals surface area contributed by atoms with Crippen molar-refractivity contribution in [2.24, 2.45) is 0 Å². The highest BCUT2D eigenvalue weighted by molar-refractivity contribution is 5.82. The normalized spacial score (nSPS) is 14.7. The van der Waals surface area contributed by atoms with Crippen LogP contribution in [-0.4, -0.2) is 34.3 Å². The summed E-state index contributed by atoms with van der Waals surface area (Å²) < 4.78 is 26.0. The minimum atomic E-state index is -3.17. The first kappa shape index (κ1) is 20.0. The molecule has 7 heteroatoms. The second kappa shape index (κ2) is 8.35. The van der Waals surface area contributed by atoms with Gasteiger partial charge in [0.2, 0.25) is 0 Å². The highest BCUT2D eigenvalue weighted by Crippen LogP contribution is 2.22. The zero-order valence-corrected chi connectivity index (χ0v) is 14.5. The van der Waals surface area contributed by atoms with Crippen LogP contribution in [0.4, 0.5) is 8.78 Å². The van der Waals surface area contributed by atoms with Crippen LogP contribution < -0.4 is 10.8 Å². The minimum absolute atomic E-state index is 0.0645. The number of hydrogen-bond acceptors (Lipinski definition) is 4. The number of carbonyl (C=O) groups excluding carboxylic acids is 1. The third kappa shape index (κ3) is 4.63. The van der Waals surface area contributed by atoms with Gasteiger partial charge in [-0.1, -0.05) is 54.1 Å². The fourth-order valence-corrected chi connectivity index (χ4v) is 2.61. The Morgan fingerprint density at radius 1 is 1.15 bits per heavy atom. The minimum Gasteiger partial charge on any atom is -0.382 e. The van der Waals surface area contributed by atoms with Crippen LogP contribution in [0.2, 0.25) is 0 Å². The maximum atomic E-state index is 13.0. The van der Waals surface area contributed by atoms with Crippen molar-refractivity contribution in [2.75, 3.05) is 0 Å². The molecule has 0 aromatic heterocycles. The van der Waals surface area contributed by atoms with Crippen LogP contribution in [0.1, 0.15) is 18.1 Å². The lowest BCUT2D eigenvalue weighted by molar-refractivity contribution is -0.150. The van der Waals surface area contributed by atoms with Crippen LogP contribution in [0, 0.1) is 6.92 Å². The lowest BCUT2D eigenvalue weighted by Crippen LogP contribution is -2.60. The summed E-state index contributed by atoms with van der Waals surface area (Å²) in [5.41, 5.74) is 2.61. The molecule has 0 spiro atoms. The summed E-state index contributed by atoms with van der Waals surface area (Å²) in [6.45, 7) is 2.91. The number of rotatable bonds is 7. The molecule has 0 heterocycles. The topological polar surface area (TPSA) is 81.6 Å². The van der Waals surface area contributed by atoms with Gasteiger partial charge in [0.15, 0.2) is 0 Å². The summed E-state index contributed by atoms with van der Waals surface area (Å²) >= 11 is 0. The molecule has 0 bridgehead atoms. The molecule has 26 heavy (non-hydrogen) atoms. The summed E-state index contributed by atoms with van der Waals surface area (Å²) in [6.07, 6.45) is -3.17. The predicted octanol–water partition coefficient (Wildman–Crippen LogP) is 2.64. The molecule has 0 saturated heterocycles. The molecule has 140 valence electrons. The van der Waals surface area contributed by atoms with E-state index in [-0.39, 0.29) is 6.54 Å². The third-order valence-corrected chi connectivity index (χ3v) is 4.21. The maximum absolute atomic E-state index is 13.0. The highest BCUT2D eigenvalue weighted by Gasteiger charge is 2.44. The van der Waals surface area contributed by atoms with E-state index in [1.54, 1.807) is 12.1 Å². The van der Waals surface area contributed by atoms with E-state index in [1.807, 2.05) is 37.3 Å². The molecule has 1 amide bonds. The molecule has 0 saturated carbocycles. The second-order valence-corrected chi connectivity index (χ2v) is 6.38. The monoisotopic (exact) mass is 364 g/mol. The van der Waals surface area contributed by atoms with Crippen LogP contribution in [0.3, 0.4) is 0 Å². The van der Waals surface area contributed by atoms with E-state index in [0.29, 0.717) is 0 Å². The van der Waals surface area contributed by atoms with Gasteiger partial charge in [0.05, 0.1) is 0 Å². The van der Waals surface area contributed by atoms with E-state index in [1.165, 1.54) is 5.48 Å². The van der Waals surface area contributed by atoms with E-state index >= 15 is 0 Å². The van der Waals surface area contributed by atoms with Gasteiger partial charge in [-0.05, 0) is 30.5 Å². The van der Waals surface area contributed by atoms with Crippen molar-refractivity contribution < 1.29 is 23.9 Å². The van der Waals surface area contributed by atoms with Gasteiger partial charge in [-0.2, -0.15) is 0 Å². The van der Waals surface area contributed by atoms with Crippen LogP contribution in [0.25, 0.3) is 11.1 Å². The third-order valence-electron chi connectivity index (χ3n) is 4.21. The van der Waals surface area contributed by atoms with Gasteiger partial charge in [0, 0.05) is 6.54 Å². The number of amides is 1. The van der Waals surface area contributed by atoms with Gasteiger partial charge in [0.25, 0.3) is 12.3 Å². The zero-order valence-electron chi connectivity index (χ0n) is 14.5. The first-order chi connectivity index (χ1) is 12.3. The molecule has 0 aliphatic heterocycles. The maximum Gasteiger partial charge on any atom is 0.268 e. The molecule has 0 aliphatic rings. The van der Waals surface area contributed by atoms with E-state index in [2.05, 4.69) is 11.4 Å². The summed E-state index contributed by atoms with van der Waals surface area (Å²) in [5.74, 6) is -1.13. The molecular weight excluding hydrogens is 342 g/mol. The average Bonchev–Trinajstić information content (AvgIpc) is 2.61. The lowest BCUT2D eigenvalue weighted by atomic mass is 9.95. The van der Waals surface area contributed by atoms with Crippen LogP contribution in [0.15, 0.2) is 48.5 Å². The second-order valence-electron chi connectivity index (χ2n) is 6.38. The standard InChI is InChI=1S/C19H22F2N2O3/c1-12-4-3-5-15(10-12)14-8-6-13(7-9-14)11-22-16(17(24)23-26)19(2,25)18(20)21/h3-10,16,18,22,25-26H,11H2,1-2H3,(H,23,24). The van der Waals surface area contributed by atoms with Crippen molar-refractivity contribution >= 4 is 5.91 Å². The number of hydrogen-bond donors (Lipinski definition) is 4. The van der Waals surface area contributed by atoms with Gasteiger partial charge in [-0.25, -0.2) is 14.3 Å². The molecular formula is C19H22F2N2O3. The molecule has 2 aromatic carbocycles. The number of aryl methyl sites for hydroxylation is 1. The van der Waals surface area contributed by atoms with Crippen molar-refractivity contribution in [1.29, 1.82) is 0 Å². The summed E-state index contributed by atoms with van der Waals surface area (Å²) in [7, 11) is 0. The van der Waals surface area contributed by atoms with E-state index in [0.717, 1.165) is 29.2 Å². The molecule has 0 fully saturated rings. The first-order valence-corrected chi connectivity index (χ1v) is 8.09. The molecule has 2 atom stereocenters. The number of carbonyl (C=O) groups is 1. The Kier molecular flexibility index (Phi) is 6.42. The molecule has 0 aliphatic carbocycles. The van der Waals surface area contributed by atoms with Crippen LogP contribution in [0.5, 0.6) is 0 Å². The van der Waals surface area contributed by atoms with E-state index < -0.39 is 24.0 Å². The molecule has 4 N–H and O–H groups in total. The SMILES string of the molecule is Cc1cccc(-c2ccc(CNC(C(=O)NO)C(C)(O)C(F)F)cc2)c1. The Morgan fingerprint density at radius 3 is 2.35 bits per heavy atom. The Hall–Kier alpha value is -2.35. The molecule has 2 rings (SSSR count). The van der Waals surface area contributed by atoms with Gasteiger partial charge >= 0.3 is 0 Å². The van der Waals surface area contributed by atoms with Crippen molar-refractivity contribution in [3.8, 4) is 11.1 Å². The van der Waals surface area contributed by atoms with Crippen molar-refractivity contribution in [1.82, 2.24) is 10.8 Å². The van der Waals surface area contributed by atoms with E-state index in [4.69, 9.17) is 5.21 Å². The molecule has 0 radical (unpaired) electrons. The number of hydroxylamine groups is 1. The van der Waals surface area contributed by atoms with Crippen molar-refractivity contribution in [3.05, 3.63) is 59.7 Å². The van der Waals surface area contributed by atoms with E-state index in [9.17, 15) is 18.7 Å². The largest absolute Gasteiger partial charge is 0.382 e. The summed E-state index contributed by atoms with van der Waals surface area (Å²) in [4.78, 5) is 11.6. The zero-order chi connectivity index (χ0) is 19.3. The highest BCUT2D eigenvalue weighted by atomic mass is 19.3. The van der Waals surface area contributed by atoms with Crippen LogP contribution in [-0.2, 0) is 11.3 Å². The summed E-state index contributed by atoms with van der Waals surface area (Å²) in [5, 5.41) is 21.2.